The van der Waals surface area contributed by atoms with Crippen molar-refractivity contribution >= 4 is 23.1 Å². The van der Waals surface area contributed by atoms with E-state index in [0.717, 1.165) is 0 Å². The van der Waals surface area contributed by atoms with Gasteiger partial charge in [-0.15, -0.1) is 0 Å². The molecule has 35 heavy (non-hydrogen) atoms. The maximum Gasteiger partial charge on any atom is 0.321 e. The lowest BCUT2D eigenvalue weighted by Crippen LogP contribution is -2.47. The van der Waals surface area contributed by atoms with Gasteiger partial charge in [-0.05, 0) is 72.1 Å². The molecule has 0 aliphatic rings. The van der Waals surface area contributed by atoms with E-state index >= 15 is 0 Å². The van der Waals surface area contributed by atoms with Crippen LogP contribution in [0, 0.1) is 18.6 Å². The number of aryl methyl sites for hydroxylation is 1. The lowest BCUT2D eigenvalue weighted by atomic mass is 9.82. The Morgan fingerprint density at radius 3 is 2.37 bits per heavy atom. The second kappa shape index (κ2) is 9.32. The van der Waals surface area contributed by atoms with Gasteiger partial charge in [0.1, 0.15) is 17.9 Å². The van der Waals surface area contributed by atoms with Crippen LogP contribution in [0.5, 0.6) is 0 Å². The third-order valence-corrected chi connectivity index (χ3v) is 5.80. The van der Waals surface area contributed by atoms with E-state index < -0.39 is 29.6 Å². The summed E-state index contributed by atoms with van der Waals surface area (Å²) in [5.74, 6) is -7.23. The van der Waals surface area contributed by atoms with Gasteiger partial charge < -0.3 is 10.1 Å². The Morgan fingerprint density at radius 2 is 1.71 bits per heavy atom. The van der Waals surface area contributed by atoms with Crippen LogP contribution >= 0.6 is 0 Å². The average Bonchev–Trinajstić information content (AvgIpc) is 3.24. The number of nitrogens with zero attached hydrogens (tertiary/aromatic N) is 2. The average molecular weight is 483 g/mol. The Bertz CT molecular complexity index is 1390. The molecule has 0 spiro atoms. The Morgan fingerprint density at radius 1 is 1.03 bits per heavy atom. The number of benzene rings is 3. The van der Waals surface area contributed by atoms with Crippen LogP contribution in [0.2, 0.25) is 0 Å². The van der Waals surface area contributed by atoms with E-state index in [4.69, 9.17) is 0 Å². The number of amides is 1. The van der Waals surface area contributed by atoms with Crippen LogP contribution in [0.4, 0.5) is 17.6 Å². The van der Waals surface area contributed by atoms with E-state index in [1.54, 1.807) is 48.1 Å². The van der Waals surface area contributed by atoms with E-state index in [0.29, 0.717) is 46.5 Å². The molecular weight excluding hydrogens is 462 g/mol. The maximum absolute atomic E-state index is 14.2. The smallest absolute Gasteiger partial charge is 0.321 e. The van der Waals surface area contributed by atoms with Crippen molar-refractivity contribution in [3.63, 3.8) is 0 Å². The summed E-state index contributed by atoms with van der Waals surface area (Å²) in [4.78, 5) is 24.0. The normalized spacial score (nSPS) is 13.4. The minimum atomic E-state index is -3.71. The van der Waals surface area contributed by atoms with Crippen molar-refractivity contribution in [2.24, 2.45) is 0 Å². The molecule has 1 heterocycles. The molecule has 5 nitrogen and oxygen atoms in total. The lowest BCUT2D eigenvalue weighted by Gasteiger charge is -2.27. The molecule has 0 radical (unpaired) electrons. The Balaban J connectivity index is 1.83. The van der Waals surface area contributed by atoms with Crippen molar-refractivity contribution in [3.05, 3.63) is 95.2 Å². The topological polar surface area (TPSA) is 64.0 Å². The van der Waals surface area contributed by atoms with Gasteiger partial charge in [-0.1, -0.05) is 12.1 Å². The van der Waals surface area contributed by atoms with Crippen LogP contribution in [0.1, 0.15) is 29.5 Å². The Kier molecular flexibility index (Phi) is 6.43. The number of alkyl halides is 2. The standard InChI is InChI=1S/C26H21F4N3O2/c1-15-3-5-19(28)12-21(15)24(22(14-34)32-25(35)26(2,29)30)16-4-10-23-17(11-16)13-31-33(23)20-8-6-18(27)7-9-20/h3-14,22,24H,1-2H3,(H,32,35)/t22-,24-/m1/s1. The molecule has 9 heteroatoms. The number of halogens is 4. The van der Waals surface area contributed by atoms with Gasteiger partial charge in [0.05, 0.1) is 23.4 Å². The van der Waals surface area contributed by atoms with Crippen LogP contribution in [-0.4, -0.2) is 33.9 Å². The number of carbonyl (C=O) groups is 2. The van der Waals surface area contributed by atoms with Crippen LogP contribution < -0.4 is 5.32 Å². The first kappa shape index (κ1) is 24.1. The van der Waals surface area contributed by atoms with Crippen molar-refractivity contribution in [2.45, 2.75) is 31.7 Å². The first-order valence-corrected chi connectivity index (χ1v) is 10.7. The predicted octanol–water partition coefficient (Wildman–Crippen LogP) is 5.08. The number of hydrogen-bond acceptors (Lipinski definition) is 3. The van der Waals surface area contributed by atoms with Crippen LogP contribution in [0.15, 0.2) is 66.9 Å². The van der Waals surface area contributed by atoms with Gasteiger partial charge >= 0.3 is 5.92 Å². The van der Waals surface area contributed by atoms with Gasteiger partial charge in [0.2, 0.25) is 0 Å². The molecule has 4 aromatic rings. The summed E-state index contributed by atoms with van der Waals surface area (Å²) in [7, 11) is 0. The van der Waals surface area contributed by atoms with E-state index in [1.807, 2.05) is 0 Å². The third kappa shape index (κ3) is 4.94. The van der Waals surface area contributed by atoms with Gasteiger partial charge in [0.25, 0.3) is 5.91 Å². The molecule has 0 fully saturated rings. The fraction of sp³-hybridized carbons (Fsp3) is 0.192. The predicted molar refractivity (Wildman–Crippen MR) is 123 cm³/mol. The van der Waals surface area contributed by atoms with Crippen molar-refractivity contribution in [3.8, 4) is 5.69 Å². The monoisotopic (exact) mass is 483 g/mol. The molecule has 0 unspecified atom stereocenters. The fourth-order valence-electron chi connectivity index (χ4n) is 4.03. The lowest BCUT2D eigenvalue weighted by molar-refractivity contribution is -0.144. The highest BCUT2D eigenvalue weighted by Crippen LogP contribution is 2.33. The molecule has 3 aromatic carbocycles. The second-order valence-electron chi connectivity index (χ2n) is 8.35. The molecule has 0 aliphatic carbocycles. The number of fused-ring (bicyclic) bond motifs is 1. The van der Waals surface area contributed by atoms with E-state index in [2.05, 4.69) is 10.4 Å². The zero-order chi connectivity index (χ0) is 25.3. The highest BCUT2D eigenvalue weighted by Gasteiger charge is 2.37. The molecule has 1 aromatic heterocycles. The molecular formula is C26H21F4N3O2. The molecule has 1 amide bonds. The summed E-state index contributed by atoms with van der Waals surface area (Å²) in [5, 5.41) is 7.08. The summed E-state index contributed by atoms with van der Waals surface area (Å²) in [6, 6.07) is 13.4. The first-order chi connectivity index (χ1) is 16.6. The van der Waals surface area contributed by atoms with E-state index in [-0.39, 0.29) is 5.82 Å². The number of hydrogen-bond donors (Lipinski definition) is 1. The minimum absolute atomic E-state index is 0.366. The van der Waals surface area contributed by atoms with Gasteiger partial charge in [0.15, 0.2) is 0 Å². The molecule has 0 saturated carbocycles. The highest BCUT2D eigenvalue weighted by atomic mass is 19.3. The second-order valence-corrected chi connectivity index (χ2v) is 8.35. The molecule has 0 saturated heterocycles. The fourth-order valence-corrected chi connectivity index (χ4v) is 4.03. The quantitative estimate of drug-likeness (QED) is 0.295. The zero-order valence-electron chi connectivity index (χ0n) is 18.8. The summed E-state index contributed by atoms with van der Waals surface area (Å²) in [6.45, 7) is 2.13. The van der Waals surface area contributed by atoms with Crippen molar-refractivity contribution in [1.82, 2.24) is 15.1 Å². The molecule has 1 N–H and O–H groups in total. The number of carbonyl (C=O) groups excluding carboxylic acids is 2. The van der Waals surface area contributed by atoms with Crippen molar-refractivity contribution < 1.29 is 27.2 Å². The molecule has 0 bridgehead atoms. The number of rotatable bonds is 7. The summed E-state index contributed by atoms with van der Waals surface area (Å²) in [6.07, 6.45) is 1.93. The van der Waals surface area contributed by atoms with Gasteiger partial charge in [-0.25, -0.2) is 13.5 Å². The summed E-state index contributed by atoms with van der Waals surface area (Å²) < 4.78 is 56.3. The Labute approximate surface area is 198 Å². The number of nitrogens with one attached hydrogen (secondary N) is 1. The van der Waals surface area contributed by atoms with E-state index in [1.165, 1.54) is 30.3 Å². The minimum Gasteiger partial charge on any atom is -0.340 e. The molecule has 0 aliphatic heterocycles. The van der Waals surface area contributed by atoms with Crippen molar-refractivity contribution in [1.29, 1.82) is 0 Å². The van der Waals surface area contributed by atoms with Crippen molar-refractivity contribution in [2.75, 3.05) is 0 Å². The highest BCUT2D eigenvalue weighted by molar-refractivity contribution is 5.86. The summed E-state index contributed by atoms with van der Waals surface area (Å²) >= 11 is 0. The summed E-state index contributed by atoms with van der Waals surface area (Å²) in [5.41, 5.74) is 2.76. The largest absolute Gasteiger partial charge is 0.340 e. The van der Waals surface area contributed by atoms with Crippen LogP contribution in [-0.2, 0) is 9.59 Å². The zero-order valence-corrected chi connectivity index (χ0v) is 18.8. The van der Waals surface area contributed by atoms with E-state index in [9.17, 15) is 27.2 Å². The molecule has 180 valence electrons. The van der Waals surface area contributed by atoms with Gasteiger partial charge in [0, 0.05) is 18.2 Å². The number of aromatic nitrogens is 2. The maximum atomic E-state index is 14.2. The number of aldehydes is 1. The Hall–Kier alpha value is -4.01. The van der Waals surface area contributed by atoms with Crippen LogP contribution in [0.3, 0.4) is 0 Å². The van der Waals surface area contributed by atoms with Gasteiger partial charge in [-0.3, -0.25) is 4.79 Å². The van der Waals surface area contributed by atoms with Gasteiger partial charge in [-0.2, -0.15) is 13.9 Å². The molecule has 4 rings (SSSR count). The third-order valence-electron chi connectivity index (χ3n) is 5.80. The molecule has 2 atom stereocenters. The SMILES string of the molecule is Cc1ccc(F)cc1[C@@H](c1ccc2c(cnn2-c2ccc(F)cc2)c1)[C@@H](C=O)NC(=O)C(C)(F)F. The van der Waals surface area contributed by atoms with Crippen LogP contribution in [0.25, 0.3) is 16.6 Å². The first-order valence-electron chi connectivity index (χ1n) is 10.7.